The van der Waals surface area contributed by atoms with E-state index in [0.29, 0.717) is 18.4 Å². The molecule has 1 aliphatic rings. The predicted molar refractivity (Wildman–Crippen MR) is 83.5 cm³/mol. The second kappa shape index (κ2) is 6.34. The molecule has 0 heterocycles. The summed E-state index contributed by atoms with van der Waals surface area (Å²) in [5.74, 6) is 0. The molecule has 2 atom stereocenters. The maximum Gasteiger partial charge on any atom is 0.243 e. The zero-order chi connectivity index (χ0) is 15.6. The minimum Gasteiger partial charge on any atom is -0.397 e. The Balaban J connectivity index is 2.32. The van der Waals surface area contributed by atoms with Crippen LogP contribution in [-0.2, 0) is 10.0 Å². The van der Waals surface area contributed by atoms with E-state index in [4.69, 9.17) is 5.73 Å². The van der Waals surface area contributed by atoms with Gasteiger partial charge < -0.3 is 10.8 Å². The molecule has 2 unspecified atom stereocenters. The van der Waals surface area contributed by atoms with Crippen LogP contribution in [0.25, 0.3) is 0 Å². The van der Waals surface area contributed by atoms with E-state index in [1.807, 2.05) is 6.07 Å². The van der Waals surface area contributed by atoms with Gasteiger partial charge in [-0.25, -0.2) is 13.1 Å². The third kappa shape index (κ3) is 3.56. The van der Waals surface area contributed by atoms with Gasteiger partial charge in [0.2, 0.25) is 10.0 Å². The van der Waals surface area contributed by atoms with Gasteiger partial charge in [0.25, 0.3) is 0 Å². The van der Waals surface area contributed by atoms with Crippen molar-refractivity contribution >= 4 is 15.7 Å². The summed E-state index contributed by atoms with van der Waals surface area (Å²) >= 11 is 0. The first-order valence-electron chi connectivity index (χ1n) is 7.39. The van der Waals surface area contributed by atoms with Crippen LogP contribution in [0.1, 0.15) is 43.2 Å². The molecule has 0 aromatic heterocycles. The first-order chi connectivity index (χ1) is 9.83. The molecular weight excluding hydrogens is 288 g/mol. The van der Waals surface area contributed by atoms with Crippen LogP contribution in [0, 0.1) is 13.8 Å². The highest BCUT2D eigenvalue weighted by molar-refractivity contribution is 7.89. The Morgan fingerprint density at radius 3 is 2.48 bits per heavy atom. The van der Waals surface area contributed by atoms with Crippen molar-refractivity contribution in [3.8, 4) is 0 Å². The molecule has 0 spiro atoms. The first-order valence-corrected chi connectivity index (χ1v) is 8.87. The molecule has 0 radical (unpaired) electrons. The molecule has 0 aliphatic heterocycles. The summed E-state index contributed by atoms with van der Waals surface area (Å²) in [5.41, 5.74) is 7.60. The average Bonchev–Trinajstić information content (AvgIpc) is 2.59. The molecule has 4 N–H and O–H groups in total. The normalized spacial score (nSPS) is 23.8. The van der Waals surface area contributed by atoms with Gasteiger partial charge >= 0.3 is 0 Å². The highest BCUT2D eigenvalue weighted by Gasteiger charge is 2.29. The Bertz CT molecular complexity index is 614. The molecule has 2 rings (SSSR count). The maximum atomic E-state index is 12.6. The molecule has 0 saturated heterocycles. The fourth-order valence-corrected chi connectivity index (χ4v) is 4.58. The lowest BCUT2D eigenvalue weighted by molar-refractivity contribution is 0.130. The molecule has 1 aromatic rings. The lowest BCUT2D eigenvalue weighted by Gasteiger charge is -2.23. The molecule has 1 fully saturated rings. The van der Waals surface area contributed by atoms with E-state index >= 15 is 0 Å². The van der Waals surface area contributed by atoms with Gasteiger partial charge in [-0.1, -0.05) is 31.4 Å². The number of hydrogen-bond acceptors (Lipinski definition) is 4. The van der Waals surface area contributed by atoms with Crippen molar-refractivity contribution in [3.63, 3.8) is 0 Å². The van der Waals surface area contributed by atoms with E-state index in [9.17, 15) is 13.5 Å². The Labute approximate surface area is 126 Å². The van der Waals surface area contributed by atoms with Gasteiger partial charge in [-0.05, 0) is 37.8 Å². The summed E-state index contributed by atoms with van der Waals surface area (Å²) < 4.78 is 28.0. The van der Waals surface area contributed by atoms with Crippen molar-refractivity contribution in [3.05, 3.63) is 23.3 Å². The SMILES string of the molecule is Cc1ccc(C)c(S(=O)(=O)NC2CCCCCC2O)c1N. The molecule has 0 bridgehead atoms. The van der Waals surface area contributed by atoms with Crippen molar-refractivity contribution in [1.29, 1.82) is 0 Å². The second-order valence-corrected chi connectivity index (χ2v) is 7.53. The standard InChI is InChI=1S/C15H24N2O3S/c1-10-8-9-11(2)15(14(10)16)21(19,20)17-12-6-4-3-5-7-13(12)18/h8-9,12-13,17-18H,3-7,16H2,1-2H3. The summed E-state index contributed by atoms with van der Waals surface area (Å²) in [6.07, 6.45) is 3.55. The third-order valence-corrected chi connectivity index (χ3v) is 5.86. The number of anilines is 1. The van der Waals surface area contributed by atoms with E-state index < -0.39 is 22.2 Å². The number of hydrogen-bond donors (Lipinski definition) is 3. The second-order valence-electron chi connectivity index (χ2n) is 5.88. The van der Waals surface area contributed by atoms with Crippen LogP contribution < -0.4 is 10.5 Å². The number of benzene rings is 1. The number of nitrogens with two attached hydrogens (primary N) is 1. The van der Waals surface area contributed by atoms with Crippen LogP contribution in [0.15, 0.2) is 17.0 Å². The van der Waals surface area contributed by atoms with Crippen molar-refractivity contribution < 1.29 is 13.5 Å². The van der Waals surface area contributed by atoms with Crippen LogP contribution in [0.5, 0.6) is 0 Å². The summed E-state index contributed by atoms with van der Waals surface area (Å²) in [5, 5.41) is 10.1. The van der Waals surface area contributed by atoms with Gasteiger partial charge in [0, 0.05) is 6.04 Å². The fraction of sp³-hybridized carbons (Fsp3) is 0.600. The van der Waals surface area contributed by atoms with Crippen molar-refractivity contribution in [2.45, 2.75) is 63.0 Å². The van der Waals surface area contributed by atoms with Crippen molar-refractivity contribution in [2.75, 3.05) is 5.73 Å². The van der Waals surface area contributed by atoms with E-state index in [2.05, 4.69) is 4.72 Å². The Morgan fingerprint density at radius 1 is 1.14 bits per heavy atom. The maximum absolute atomic E-state index is 12.6. The zero-order valence-corrected chi connectivity index (χ0v) is 13.4. The number of rotatable bonds is 3. The molecule has 1 saturated carbocycles. The predicted octanol–water partition coefficient (Wildman–Crippen LogP) is 1.86. The molecular formula is C15H24N2O3S. The van der Waals surface area contributed by atoms with Crippen molar-refractivity contribution in [1.82, 2.24) is 4.72 Å². The number of sulfonamides is 1. The lowest BCUT2D eigenvalue weighted by Crippen LogP contribution is -2.43. The van der Waals surface area contributed by atoms with Crippen LogP contribution >= 0.6 is 0 Å². The topological polar surface area (TPSA) is 92.4 Å². The number of aryl methyl sites for hydroxylation is 2. The molecule has 0 amide bonds. The molecule has 6 heteroatoms. The summed E-state index contributed by atoms with van der Waals surface area (Å²) in [6.45, 7) is 3.52. The Hall–Kier alpha value is -1.11. The monoisotopic (exact) mass is 312 g/mol. The molecule has 1 aromatic carbocycles. The van der Waals surface area contributed by atoms with Gasteiger partial charge in [-0.3, -0.25) is 0 Å². The number of nitrogens with one attached hydrogen (secondary N) is 1. The minimum atomic E-state index is -3.73. The molecule has 21 heavy (non-hydrogen) atoms. The van der Waals surface area contributed by atoms with Gasteiger partial charge in [0.15, 0.2) is 0 Å². The first kappa shape index (κ1) is 16.3. The smallest absolute Gasteiger partial charge is 0.243 e. The van der Waals surface area contributed by atoms with Gasteiger partial charge in [-0.2, -0.15) is 0 Å². The van der Waals surface area contributed by atoms with E-state index in [1.54, 1.807) is 19.9 Å². The minimum absolute atomic E-state index is 0.138. The summed E-state index contributed by atoms with van der Waals surface area (Å²) in [4.78, 5) is 0.138. The highest BCUT2D eigenvalue weighted by atomic mass is 32.2. The number of nitrogen functional groups attached to an aromatic ring is 1. The summed E-state index contributed by atoms with van der Waals surface area (Å²) in [7, 11) is -3.73. The van der Waals surface area contributed by atoms with E-state index in [1.165, 1.54) is 0 Å². The average molecular weight is 312 g/mol. The van der Waals surface area contributed by atoms with Crippen LogP contribution in [0.3, 0.4) is 0 Å². The number of aliphatic hydroxyl groups is 1. The van der Waals surface area contributed by atoms with Crippen LogP contribution in [0.4, 0.5) is 5.69 Å². The fourth-order valence-electron chi connectivity index (χ4n) is 2.85. The molecule has 5 nitrogen and oxygen atoms in total. The van der Waals surface area contributed by atoms with Crippen molar-refractivity contribution in [2.24, 2.45) is 0 Å². The highest BCUT2D eigenvalue weighted by Crippen LogP contribution is 2.27. The van der Waals surface area contributed by atoms with Crippen LogP contribution in [0.2, 0.25) is 0 Å². The third-order valence-electron chi connectivity index (χ3n) is 4.17. The zero-order valence-electron chi connectivity index (χ0n) is 12.6. The van der Waals surface area contributed by atoms with Crippen LogP contribution in [-0.4, -0.2) is 25.7 Å². The molecule has 118 valence electrons. The van der Waals surface area contributed by atoms with E-state index in [0.717, 1.165) is 24.8 Å². The summed E-state index contributed by atoms with van der Waals surface area (Å²) in [6, 6.07) is 3.13. The Morgan fingerprint density at radius 2 is 1.76 bits per heavy atom. The molecule has 1 aliphatic carbocycles. The lowest BCUT2D eigenvalue weighted by atomic mass is 10.1. The Kier molecular flexibility index (Phi) is 4.91. The number of aliphatic hydroxyl groups excluding tert-OH is 1. The van der Waals surface area contributed by atoms with Gasteiger partial charge in [-0.15, -0.1) is 0 Å². The van der Waals surface area contributed by atoms with Gasteiger partial charge in [0.05, 0.1) is 11.8 Å². The quantitative estimate of drug-likeness (QED) is 0.587. The van der Waals surface area contributed by atoms with Gasteiger partial charge in [0.1, 0.15) is 4.90 Å². The van der Waals surface area contributed by atoms with E-state index in [-0.39, 0.29) is 10.6 Å². The largest absolute Gasteiger partial charge is 0.397 e.